The van der Waals surface area contributed by atoms with Crippen LogP contribution >= 0.6 is 23.4 Å². The van der Waals surface area contributed by atoms with Crippen molar-refractivity contribution in [3.05, 3.63) is 75.7 Å². The van der Waals surface area contributed by atoms with Crippen LogP contribution in [0.2, 0.25) is 5.02 Å². The molecular weight excluding hydrogens is 422 g/mol. The van der Waals surface area contributed by atoms with Gasteiger partial charge in [-0.1, -0.05) is 52.8 Å². The van der Waals surface area contributed by atoms with Crippen molar-refractivity contribution in [2.24, 2.45) is 0 Å². The van der Waals surface area contributed by atoms with Crippen molar-refractivity contribution >= 4 is 34.3 Å². The van der Waals surface area contributed by atoms with E-state index in [4.69, 9.17) is 25.8 Å². The number of ether oxygens (including phenoxy) is 1. The number of aromatic nitrogens is 3. The minimum atomic E-state index is -0.0429. The summed E-state index contributed by atoms with van der Waals surface area (Å²) in [4.78, 5) is 17.7. The molecule has 0 aliphatic heterocycles. The number of rotatable bonds is 8. The first-order valence-corrected chi connectivity index (χ1v) is 10.8. The molecule has 0 amide bonds. The average Bonchev–Trinajstić information content (AvgIpc) is 3.24. The third-order valence-electron chi connectivity index (χ3n) is 4.60. The molecule has 0 saturated carbocycles. The molecule has 0 unspecified atom stereocenters. The quantitative estimate of drug-likeness (QED) is 0.217. The van der Waals surface area contributed by atoms with Crippen molar-refractivity contribution in [2.45, 2.75) is 23.9 Å². The molecule has 30 heavy (non-hydrogen) atoms. The van der Waals surface area contributed by atoms with Gasteiger partial charge in [-0.2, -0.15) is 0 Å². The first-order valence-electron chi connectivity index (χ1n) is 9.48. The Labute approximate surface area is 182 Å². The van der Waals surface area contributed by atoms with E-state index in [1.807, 2.05) is 48.5 Å². The van der Waals surface area contributed by atoms with Crippen molar-refractivity contribution in [3.63, 3.8) is 0 Å². The molecular formula is C22H20ClN3O3S. The summed E-state index contributed by atoms with van der Waals surface area (Å²) >= 11 is 7.40. The van der Waals surface area contributed by atoms with Gasteiger partial charge in [-0.3, -0.25) is 9.36 Å². The first-order chi connectivity index (χ1) is 14.7. The number of methoxy groups -OCH3 is 1. The van der Waals surface area contributed by atoms with Crippen LogP contribution in [0.5, 0.6) is 0 Å². The summed E-state index contributed by atoms with van der Waals surface area (Å²) < 4.78 is 12.3. The molecule has 0 radical (unpaired) electrons. The number of halogens is 1. The first kappa shape index (κ1) is 20.7. The van der Waals surface area contributed by atoms with E-state index in [1.165, 1.54) is 11.8 Å². The summed E-state index contributed by atoms with van der Waals surface area (Å²) in [6.07, 6.45) is 0.729. The normalized spacial score (nSPS) is 11.3. The maximum absolute atomic E-state index is 13.0. The van der Waals surface area contributed by atoms with E-state index in [0.717, 1.165) is 17.7 Å². The number of thioether (sulfide) groups is 1. The van der Waals surface area contributed by atoms with Crippen LogP contribution in [0.4, 0.5) is 0 Å². The second kappa shape index (κ2) is 9.47. The zero-order valence-electron chi connectivity index (χ0n) is 16.4. The lowest BCUT2D eigenvalue weighted by molar-refractivity contribution is 0.189. The van der Waals surface area contributed by atoms with E-state index in [-0.39, 0.29) is 5.56 Å². The molecule has 6 nitrogen and oxygen atoms in total. The minimum Gasteiger partial charge on any atom is -0.385 e. The SMILES string of the molecule is COCCCn1c(SCc2cc(-c3ccc(Cl)cc3)no2)nc2ccccc2c1=O. The van der Waals surface area contributed by atoms with Crippen LogP contribution in [0.15, 0.2) is 69.1 Å². The zero-order valence-corrected chi connectivity index (χ0v) is 17.9. The number of fused-ring (bicyclic) bond motifs is 1. The van der Waals surface area contributed by atoms with E-state index in [9.17, 15) is 4.79 Å². The average molecular weight is 442 g/mol. The fraction of sp³-hybridized carbons (Fsp3) is 0.227. The maximum atomic E-state index is 13.0. The lowest BCUT2D eigenvalue weighted by Crippen LogP contribution is -2.24. The van der Waals surface area contributed by atoms with E-state index < -0.39 is 0 Å². The molecule has 4 rings (SSSR count). The van der Waals surface area contributed by atoms with Crippen LogP contribution in [-0.4, -0.2) is 28.4 Å². The third kappa shape index (κ3) is 4.59. The van der Waals surface area contributed by atoms with Gasteiger partial charge < -0.3 is 9.26 Å². The lowest BCUT2D eigenvalue weighted by Gasteiger charge is -2.12. The second-order valence-corrected chi connectivity index (χ2v) is 8.07. The topological polar surface area (TPSA) is 70.2 Å². The Hall–Kier alpha value is -2.61. The highest BCUT2D eigenvalue weighted by molar-refractivity contribution is 7.98. The summed E-state index contributed by atoms with van der Waals surface area (Å²) in [5, 5.41) is 6.08. The Morgan fingerprint density at radius 1 is 1.17 bits per heavy atom. The van der Waals surface area contributed by atoms with Crippen molar-refractivity contribution < 1.29 is 9.26 Å². The van der Waals surface area contributed by atoms with Crippen LogP contribution < -0.4 is 5.56 Å². The van der Waals surface area contributed by atoms with Gasteiger partial charge in [0.2, 0.25) is 0 Å². The zero-order chi connectivity index (χ0) is 20.9. The van der Waals surface area contributed by atoms with Crippen LogP contribution in [-0.2, 0) is 17.0 Å². The van der Waals surface area contributed by atoms with E-state index in [1.54, 1.807) is 17.7 Å². The van der Waals surface area contributed by atoms with Crippen LogP contribution in [0.1, 0.15) is 12.2 Å². The van der Waals surface area contributed by atoms with Gasteiger partial charge in [0.15, 0.2) is 5.16 Å². The molecule has 0 saturated heterocycles. The number of nitrogens with zero attached hydrogens (tertiary/aromatic N) is 3. The highest BCUT2D eigenvalue weighted by Gasteiger charge is 2.13. The maximum Gasteiger partial charge on any atom is 0.262 e. The summed E-state index contributed by atoms with van der Waals surface area (Å²) in [7, 11) is 1.65. The Balaban J connectivity index is 1.58. The van der Waals surface area contributed by atoms with Crippen molar-refractivity contribution in [2.75, 3.05) is 13.7 Å². The Kier molecular flexibility index (Phi) is 6.52. The van der Waals surface area contributed by atoms with Gasteiger partial charge in [0.1, 0.15) is 11.5 Å². The molecule has 0 N–H and O–H groups in total. The molecule has 0 atom stereocenters. The highest BCUT2D eigenvalue weighted by atomic mass is 35.5. The van der Waals surface area contributed by atoms with Crippen LogP contribution in [0, 0.1) is 0 Å². The molecule has 8 heteroatoms. The Morgan fingerprint density at radius 3 is 2.77 bits per heavy atom. The number of para-hydroxylation sites is 1. The molecule has 2 heterocycles. The standard InChI is InChI=1S/C22H20ClN3O3S/c1-28-12-4-11-26-21(27)18-5-2-3-6-19(18)24-22(26)30-14-17-13-20(25-29-17)15-7-9-16(23)10-8-15/h2-3,5-10,13H,4,11-12,14H2,1H3. The van der Waals surface area contributed by atoms with E-state index >= 15 is 0 Å². The highest BCUT2D eigenvalue weighted by Crippen LogP contribution is 2.26. The van der Waals surface area contributed by atoms with E-state index in [0.29, 0.717) is 45.7 Å². The molecule has 2 aromatic carbocycles. The van der Waals surface area contributed by atoms with Crippen molar-refractivity contribution in [3.8, 4) is 11.3 Å². The number of hydrogen-bond acceptors (Lipinski definition) is 6. The van der Waals surface area contributed by atoms with E-state index in [2.05, 4.69) is 5.16 Å². The summed E-state index contributed by atoms with van der Waals surface area (Å²) in [6, 6.07) is 16.7. The van der Waals surface area contributed by atoms with Gasteiger partial charge in [-0.25, -0.2) is 4.98 Å². The monoisotopic (exact) mass is 441 g/mol. The molecule has 0 aliphatic rings. The molecule has 154 valence electrons. The molecule has 0 spiro atoms. The van der Waals surface area contributed by atoms with Gasteiger partial charge in [-0.05, 0) is 30.7 Å². The molecule has 0 aliphatic carbocycles. The Morgan fingerprint density at radius 2 is 1.97 bits per heavy atom. The predicted octanol–water partition coefficient (Wildman–Crippen LogP) is 5.03. The second-order valence-electron chi connectivity index (χ2n) is 6.69. The minimum absolute atomic E-state index is 0.0429. The van der Waals surface area contributed by atoms with Gasteiger partial charge >= 0.3 is 0 Å². The van der Waals surface area contributed by atoms with Gasteiger partial charge in [-0.15, -0.1) is 0 Å². The predicted molar refractivity (Wildman–Crippen MR) is 119 cm³/mol. The summed E-state index contributed by atoms with van der Waals surface area (Å²) in [5.74, 6) is 1.21. The lowest BCUT2D eigenvalue weighted by atomic mass is 10.1. The molecule has 4 aromatic rings. The smallest absolute Gasteiger partial charge is 0.262 e. The van der Waals surface area contributed by atoms with Crippen LogP contribution in [0.25, 0.3) is 22.2 Å². The molecule has 0 fully saturated rings. The summed E-state index contributed by atoms with van der Waals surface area (Å²) in [5.41, 5.74) is 2.32. The van der Waals surface area contributed by atoms with Crippen molar-refractivity contribution in [1.29, 1.82) is 0 Å². The van der Waals surface area contributed by atoms with Gasteiger partial charge in [0, 0.05) is 36.9 Å². The summed E-state index contributed by atoms with van der Waals surface area (Å²) in [6.45, 7) is 1.12. The third-order valence-corrected chi connectivity index (χ3v) is 5.85. The number of benzene rings is 2. The van der Waals surface area contributed by atoms with Crippen LogP contribution in [0.3, 0.4) is 0 Å². The fourth-order valence-corrected chi connectivity index (χ4v) is 4.12. The van der Waals surface area contributed by atoms with Gasteiger partial charge in [0.25, 0.3) is 5.56 Å². The Bertz CT molecular complexity index is 1200. The molecule has 2 aromatic heterocycles. The number of hydrogen-bond donors (Lipinski definition) is 0. The molecule has 0 bridgehead atoms. The fourth-order valence-electron chi connectivity index (χ4n) is 3.10. The van der Waals surface area contributed by atoms with Crippen molar-refractivity contribution in [1.82, 2.24) is 14.7 Å². The largest absolute Gasteiger partial charge is 0.385 e. The van der Waals surface area contributed by atoms with Gasteiger partial charge in [0.05, 0.1) is 16.7 Å².